The van der Waals surface area contributed by atoms with Gasteiger partial charge in [-0.15, -0.1) is 0 Å². The SMILES string of the molecule is C[C@@H]1CC([C@H](c2ccc(Cl)cc2)[C@H](N)C(=O)N2C(=O)OC[C@@H]2c2ccccc2)C[C@H](C)O1. The van der Waals surface area contributed by atoms with Gasteiger partial charge < -0.3 is 15.2 Å². The predicted octanol–water partition coefficient (Wildman–Crippen LogP) is 4.67. The molecule has 32 heavy (non-hydrogen) atoms. The third-order valence-electron chi connectivity index (χ3n) is 6.46. The van der Waals surface area contributed by atoms with Gasteiger partial charge in [0.25, 0.3) is 0 Å². The molecule has 6 nitrogen and oxygen atoms in total. The van der Waals surface area contributed by atoms with Crippen LogP contribution in [0.25, 0.3) is 0 Å². The standard InChI is InChI=1S/C25H29ClN2O4/c1-15-12-19(13-16(2)32-15)22(18-8-10-20(26)11-9-18)23(27)24(29)28-21(14-31-25(28)30)17-6-4-3-5-7-17/h3-11,15-16,19,21-23H,12-14,27H2,1-2H3/t15-,16+,19?,21-,22+,23+/m1/s1. The number of amides is 2. The fraction of sp³-hybridized carbons (Fsp3) is 0.440. The van der Waals surface area contributed by atoms with Gasteiger partial charge in [0.1, 0.15) is 12.6 Å². The number of nitrogens with two attached hydrogens (primary N) is 1. The van der Waals surface area contributed by atoms with Crippen LogP contribution in [0.5, 0.6) is 0 Å². The number of carbonyl (C=O) groups excluding carboxylic acids is 2. The topological polar surface area (TPSA) is 81.9 Å². The first-order valence-electron chi connectivity index (χ1n) is 11.1. The van der Waals surface area contributed by atoms with Crippen molar-refractivity contribution in [3.05, 3.63) is 70.7 Å². The second kappa shape index (κ2) is 9.61. The van der Waals surface area contributed by atoms with Crippen molar-refractivity contribution in [3.63, 3.8) is 0 Å². The van der Waals surface area contributed by atoms with Crippen LogP contribution < -0.4 is 5.73 Å². The van der Waals surface area contributed by atoms with Gasteiger partial charge in [0.15, 0.2) is 0 Å². The Morgan fingerprint density at radius 2 is 1.69 bits per heavy atom. The molecular weight excluding hydrogens is 428 g/mol. The van der Waals surface area contributed by atoms with Crippen molar-refractivity contribution in [2.75, 3.05) is 6.61 Å². The minimum atomic E-state index is -0.907. The predicted molar refractivity (Wildman–Crippen MR) is 122 cm³/mol. The lowest BCUT2D eigenvalue weighted by Crippen LogP contribution is -2.50. The first-order valence-corrected chi connectivity index (χ1v) is 11.4. The number of cyclic esters (lactones) is 1. The summed E-state index contributed by atoms with van der Waals surface area (Å²) in [6.45, 7) is 4.20. The van der Waals surface area contributed by atoms with E-state index in [1.807, 2.05) is 68.4 Å². The van der Waals surface area contributed by atoms with E-state index in [4.69, 9.17) is 26.8 Å². The van der Waals surface area contributed by atoms with E-state index >= 15 is 0 Å². The quantitative estimate of drug-likeness (QED) is 0.706. The zero-order valence-corrected chi connectivity index (χ0v) is 19.1. The van der Waals surface area contributed by atoms with Crippen molar-refractivity contribution in [3.8, 4) is 0 Å². The monoisotopic (exact) mass is 456 g/mol. The average Bonchev–Trinajstić information content (AvgIpc) is 3.16. The summed E-state index contributed by atoms with van der Waals surface area (Å²) < 4.78 is 11.2. The maximum Gasteiger partial charge on any atom is 0.417 e. The Morgan fingerprint density at radius 3 is 2.31 bits per heavy atom. The molecule has 2 amide bonds. The van der Waals surface area contributed by atoms with Gasteiger partial charge in [-0.3, -0.25) is 4.79 Å². The highest BCUT2D eigenvalue weighted by Crippen LogP contribution is 2.40. The molecule has 2 N–H and O–H groups in total. The van der Waals surface area contributed by atoms with E-state index in [1.54, 1.807) is 0 Å². The van der Waals surface area contributed by atoms with Crippen LogP contribution in [0.3, 0.4) is 0 Å². The lowest BCUT2D eigenvalue weighted by molar-refractivity contribution is -0.132. The Bertz CT molecular complexity index is 942. The van der Waals surface area contributed by atoms with Gasteiger partial charge >= 0.3 is 6.09 Å². The number of ether oxygens (including phenoxy) is 2. The van der Waals surface area contributed by atoms with Crippen LogP contribution >= 0.6 is 11.6 Å². The second-order valence-electron chi connectivity index (χ2n) is 8.80. The van der Waals surface area contributed by atoms with Crippen LogP contribution in [-0.2, 0) is 14.3 Å². The van der Waals surface area contributed by atoms with Crippen molar-refractivity contribution < 1.29 is 19.1 Å². The summed E-state index contributed by atoms with van der Waals surface area (Å²) in [4.78, 5) is 27.4. The van der Waals surface area contributed by atoms with E-state index in [0.29, 0.717) is 5.02 Å². The number of benzene rings is 2. The number of carbonyl (C=O) groups is 2. The Labute approximate surface area is 193 Å². The Hall–Kier alpha value is -2.41. The summed E-state index contributed by atoms with van der Waals surface area (Å²) in [5.74, 6) is -0.575. The fourth-order valence-corrected chi connectivity index (χ4v) is 5.23. The van der Waals surface area contributed by atoms with Crippen molar-refractivity contribution in [2.45, 2.75) is 56.9 Å². The van der Waals surface area contributed by atoms with E-state index in [1.165, 1.54) is 4.90 Å². The molecule has 2 aliphatic rings. The van der Waals surface area contributed by atoms with Crippen molar-refractivity contribution >= 4 is 23.6 Å². The maximum atomic E-state index is 13.7. The molecule has 1 unspecified atom stereocenters. The molecule has 0 bridgehead atoms. The molecule has 2 aliphatic heterocycles. The highest BCUT2D eigenvalue weighted by Gasteiger charge is 2.45. The van der Waals surface area contributed by atoms with Crippen LogP contribution in [0.2, 0.25) is 5.02 Å². The van der Waals surface area contributed by atoms with Gasteiger partial charge in [-0.2, -0.15) is 0 Å². The number of imide groups is 1. The molecule has 2 aromatic carbocycles. The van der Waals surface area contributed by atoms with Crippen LogP contribution in [0.1, 0.15) is 49.8 Å². The van der Waals surface area contributed by atoms with Crippen molar-refractivity contribution in [2.24, 2.45) is 11.7 Å². The van der Waals surface area contributed by atoms with Gasteiger partial charge in [-0.05, 0) is 55.9 Å². The molecule has 0 radical (unpaired) electrons. The molecule has 4 rings (SSSR count). The Morgan fingerprint density at radius 1 is 1.06 bits per heavy atom. The maximum absolute atomic E-state index is 13.7. The molecule has 0 saturated carbocycles. The number of hydrogen-bond acceptors (Lipinski definition) is 5. The zero-order chi connectivity index (χ0) is 22.8. The fourth-order valence-electron chi connectivity index (χ4n) is 5.11. The third-order valence-corrected chi connectivity index (χ3v) is 6.72. The summed E-state index contributed by atoms with van der Waals surface area (Å²) in [7, 11) is 0. The summed E-state index contributed by atoms with van der Waals surface area (Å²) in [6.07, 6.45) is 1.04. The van der Waals surface area contributed by atoms with Crippen LogP contribution in [0.4, 0.5) is 4.79 Å². The van der Waals surface area contributed by atoms with Crippen LogP contribution in [0.15, 0.2) is 54.6 Å². The lowest BCUT2D eigenvalue weighted by atomic mass is 9.74. The van der Waals surface area contributed by atoms with Gasteiger partial charge in [-0.25, -0.2) is 9.69 Å². The average molecular weight is 457 g/mol. The minimum absolute atomic E-state index is 0.0645. The number of hydrogen-bond donors (Lipinski definition) is 1. The molecule has 2 aromatic rings. The Balaban J connectivity index is 1.66. The van der Waals surface area contributed by atoms with Gasteiger partial charge in [0, 0.05) is 10.9 Å². The molecule has 7 heteroatoms. The van der Waals surface area contributed by atoms with E-state index in [2.05, 4.69) is 0 Å². The van der Waals surface area contributed by atoms with E-state index in [0.717, 1.165) is 24.0 Å². The Kier molecular flexibility index (Phi) is 6.84. The number of halogens is 1. The molecule has 0 spiro atoms. The first kappa shape index (κ1) is 22.8. The van der Waals surface area contributed by atoms with Gasteiger partial charge in [0.2, 0.25) is 5.91 Å². The smallest absolute Gasteiger partial charge is 0.417 e. The highest BCUT2D eigenvalue weighted by atomic mass is 35.5. The van der Waals surface area contributed by atoms with Gasteiger partial charge in [0.05, 0.1) is 18.2 Å². The molecule has 0 aliphatic carbocycles. The molecular formula is C25H29ClN2O4. The van der Waals surface area contributed by atoms with Crippen LogP contribution in [-0.4, -0.2) is 41.8 Å². The minimum Gasteiger partial charge on any atom is -0.446 e. The van der Waals surface area contributed by atoms with Crippen molar-refractivity contribution in [1.82, 2.24) is 4.90 Å². The summed E-state index contributed by atoms with van der Waals surface area (Å²) in [6, 6.07) is 15.5. The number of nitrogens with zero attached hydrogens (tertiary/aromatic N) is 1. The molecule has 2 heterocycles. The molecule has 2 saturated heterocycles. The van der Waals surface area contributed by atoms with E-state index in [-0.39, 0.29) is 30.7 Å². The molecule has 2 fully saturated rings. The van der Waals surface area contributed by atoms with Crippen molar-refractivity contribution in [1.29, 1.82) is 0 Å². The molecule has 0 aromatic heterocycles. The highest BCUT2D eigenvalue weighted by molar-refractivity contribution is 6.30. The second-order valence-corrected chi connectivity index (χ2v) is 9.24. The summed E-state index contributed by atoms with van der Waals surface area (Å²) in [5, 5.41) is 0.619. The normalized spacial score (nSPS) is 27.6. The first-order chi connectivity index (χ1) is 15.3. The molecule has 6 atom stereocenters. The summed E-state index contributed by atoms with van der Waals surface area (Å²) in [5.41, 5.74) is 8.44. The summed E-state index contributed by atoms with van der Waals surface area (Å²) >= 11 is 6.11. The number of rotatable bonds is 5. The lowest BCUT2D eigenvalue weighted by Gasteiger charge is -2.39. The van der Waals surface area contributed by atoms with Gasteiger partial charge in [-0.1, -0.05) is 54.1 Å². The van der Waals surface area contributed by atoms with E-state index < -0.39 is 24.1 Å². The van der Waals surface area contributed by atoms with Crippen LogP contribution in [0, 0.1) is 5.92 Å². The largest absolute Gasteiger partial charge is 0.446 e. The van der Waals surface area contributed by atoms with E-state index in [9.17, 15) is 9.59 Å². The zero-order valence-electron chi connectivity index (χ0n) is 18.3. The molecule has 170 valence electrons. The third kappa shape index (κ3) is 4.68.